The number of aromatic hydroxyl groups is 1. The highest BCUT2D eigenvalue weighted by Gasteiger charge is 2.22. The molecule has 100 valence electrons. The molecule has 3 rings (SSSR count). The molecule has 0 amide bonds. The lowest BCUT2D eigenvalue weighted by atomic mass is 9.88. The lowest BCUT2D eigenvalue weighted by Crippen LogP contribution is -2.12. The van der Waals surface area contributed by atoms with Crippen LogP contribution < -0.4 is 0 Å². The zero-order valence-corrected chi connectivity index (χ0v) is 12.0. The topological polar surface area (TPSA) is 33.1 Å². The molecule has 0 radical (unpaired) electrons. The van der Waals surface area contributed by atoms with E-state index in [4.69, 9.17) is 4.98 Å². The van der Waals surface area contributed by atoms with Crippen LogP contribution in [0.2, 0.25) is 0 Å². The summed E-state index contributed by atoms with van der Waals surface area (Å²) in [5, 5.41) is 10.9. The van der Waals surface area contributed by atoms with Crippen LogP contribution in [0.1, 0.15) is 36.8 Å². The van der Waals surface area contributed by atoms with Crippen LogP contribution in [0.25, 0.3) is 10.6 Å². The second-order valence-corrected chi connectivity index (χ2v) is 6.39. The summed E-state index contributed by atoms with van der Waals surface area (Å²) in [7, 11) is 0. The van der Waals surface area contributed by atoms with Crippen molar-refractivity contribution in [3.05, 3.63) is 34.8 Å². The fraction of sp³-hybridized carbons (Fsp3) is 0.438. The molecule has 0 aliphatic heterocycles. The fourth-order valence-electron chi connectivity index (χ4n) is 2.87. The highest BCUT2D eigenvalue weighted by Crippen LogP contribution is 2.38. The smallest absolute Gasteiger partial charge is 0.127 e. The summed E-state index contributed by atoms with van der Waals surface area (Å²) in [6.45, 7) is 2.26. The molecule has 0 saturated heterocycles. The van der Waals surface area contributed by atoms with Gasteiger partial charge < -0.3 is 5.11 Å². The van der Waals surface area contributed by atoms with Crippen LogP contribution in [0.15, 0.2) is 24.3 Å². The Hall–Kier alpha value is -1.35. The van der Waals surface area contributed by atoms with Gasteiger partial charge in [-0.15, -0.1) is 11.3 Å². The van der Waals surface area contributed by atoms with Crippen molar-refractivity contribution in [1.82, 2.24) is 4.98 Å². The molecular weight excluding hydrogens is 254 g/mol. The first-order valence-electron chi connectivity index (χ1n) is 7.05. The summed E-state index contributed by atoms with van der Waals surface area (Å²) >= 11 is 1.76. The predicted molar refractivity (Wildman–Crippen MR) is 79.6 cm³/mol. The van der Waals surface area contributed by atoms with Crippen molar-refractivity contribution in [3.8, 4) is 16.3 Å². The summed E-state index contributed by atoms with van der Waals surface area (Å²) in [5.74, 6) is 1.16. The molecule has 1 heterocycles. The second-order valence-electron chi connectivity index (χ2n) is 5.30. The number of fused-ring (bicyclic) bond motifs is 1. The van der Waals surface area contributed by atoms with Crippen LogP contribution >= 0.6 is 11.3 Å². The van der Waals surface area contributed by atoms with E-state index in [1.807, 2.05) is 18.2 Å². The van der Waals surface area contributed by atoms with E-state index in [2.05, 4.69) is 6.92 Å². The third-order valence-corrected chi connectivity index (χ3v) is 5.03. The van der Waals surface area contributed by atoms with E-state index in [1.165, 1.54) is 36.3 Å². The van der Waals surface area contributed by atoms with Crippen LogP contribution in [0.5, 0.6) is 5.75 Å². The summed E-state index contributed by atoms with van der Waals surface area (Å²) < 4.78 is 0. The minimum atomic E-state index is 0.332. The Kier molecular flexibility index (Phi) is 3.56. The maximum Gasteiger partial charge on any atom is 0.127 e. The summed E-state index contributed by atoms with van der Waals surface area (Å²) in [6.07, 6.45) is 6.14. The fourth-order valence-corrected chi connectivity index (χ4v) is 4.12. The molecule has 0 fully saturated rings. The van der Waals surface area contributed by atoms with E-state index >= 15 is 0 Å². The Morgan fingerprint density at radius 3 is 3.00 bits per heavy atom. The molecule has 0 saturated carbocycles. The van der Waals surface area contributed by atoms with Crippen molar-refractivity contribution in [2.75, 3.05) is 0 Å². The Labute approximate surface area is 118 Å². The van der Waals surface area contributed by atoms with Gasteiger partial charge in [0.15, 0.2) is 0 Å². The van der Waals surface area contributed by atoms with Gasteiger partial charge in [-0.2, -0.15) is 0 Å². The lowest BCUT2D eigenvalue weighted by molar-refractivity contribution is 0.424. The first-order valence-corrected chi connectivity index (χ1v) is 7.86. The number of rotatable bonds is 3. The van der Waals surface area contributed by atoms with Gasteiger partial charge in [-0.05, 0) is 37.3 Å². The minimum Gasteiger partial charge on any atom is -0.507 e. The largest absolute Gasteiger partial charge is 0.507 e. The van der Waals surface area contributed by atoms with Gasteiger partial charge >= 0.3 is 0 Å². The number of aromatic nitrogens is 1. The molecule has 1 aromatic carbocycles. The standard InChI is InChI=1S/C16H19NOS/c1-2-5-11-8-9-13-15(10-11)19-16(17-13)12-6-3-4-7-14(12)18/h3-4,6-7,11,18H,2,5,8-10H2,1H3. The number of phenolic OH excluding ortho intramolecular Hbond substituents is 1. The van der Waals surface area contributed by atoms with Crippen LogP contribution in [0.3, 0.4) is 0 Å². The number of benzene rings is 1. The van der Waals surface area contributed by atoms with Crippen LogP contribution in [0, 0.1) is 5.92 Å². The highest BCUT2D eigenvalue weighted by molar-refractivity contribution is 7.15. The molecule has 3 heteroatoms. The van der Waals surface area contributed by atoms with E-state index in [0.29, 0.717) is 5.75 Å². The molecule has 0 bridgehead atoms. The van der Waals surface area contributed by atoms with E-state index in [9.17, 15) is 5.11 Å². The van der Waals surface area contributed by atoms with Gasteiger partial charge in [0.1, 0.15) is 10.8 Å². The molecule has 1 aliphatic carbocycles. The first kappa shape index (κ1) is 12.7. The highest BCUT2D eigenvalue weighted by atomic mass is 32.1. The Morgan fingerprint density at radius 2 is 2.21 bits per heavy atom. The maximum absolute atomic E-state index is 9.93. The maximum atomic E-state index is 9.93. The molecule has 2 nitrogen and oxygen atoms in total. The Balaban J connectivity index is 1.90. The normalized spacial score (nSPS) is 18.3. The molecule has 19 heavy (non-hydrogen) atoms. The van der Waals surface area contributed by atoms with Gasteiger partial charge in [0.05, 0.1) is 11.3 Å². The summed E-state index contributed by atoms with van der Waals surface area (Å²) in [6, 6.07) is 7.48. The van der Waals surface area contributed by atoms with Gasteiger partial charge in [-0.25, -0.2) is 4.98 Å². The van der Waals surface area contributed by atoms with E-state index in [-0.39, 0.29) is 0 Å². The van der Waals surface area contributed by atoms with Crippen LogP contribution in [-0.4, -0.2) is 10.1 Å². The lowest BCUT2D eigenvalue weighted by Gasteiger charge is -2.20. The molecule has 1 N–H and O–H groups in total. The number of phenols is 1. The summed E-state index contributed by atoms with van der Waals surface area (Å²) in [5.41, 5.74) is 2.13. The van der Waals surface area contributed by atoms with Crippen molar-refractivity contribution in [1.29, 1.82) is 0 Å². The van der Waals surface area contributed by atoms with Crippen molar-refractivity contribution in [2.24, 2.45) is 5.92 Å². The molecular formula is C16H19NOS. The van der Waals surface area contributed by atoms with Gasteiger partial charge in [-0.3, -0.25) is 0 Å². The van der Waals surface area contributed by atoms with Crippen molar-refractivity contribution < 1.29 is 5.11 Å². The average Bonchev–Trinajstić information content (AvgIpc) is 2.82. The van der Waals surface area contributed by atoms with Gasteiger partial charge in [0, 0.05) is 4.88 Å². The molecule has 0 spiro atoms. The van der Waals surface area contributed by atoms with Crippen molar-refractivity contribution >= 4 is 11.3 Å². The first-order chi connectivity index (χ1) is 9.28. The predicted octanol–water partition coefficient (Wildman–Crippen LogP) is 4.42. The van der Waals surface area contributed by atoms with Crippen molar-refractivity contribution in [3.63, 3.8) is 0 Å². The number of nitrogens with zero attached hydrogens (tertiary/aromatic N) is 1. The van der Waals surface area contributed by atoms with E-state index < -0.39 is 0 Å². The van der Waals surface area contributed by atoms with Gasteiger partial charge in [0.25, 0.3) is 0 Å². The zero-order valence-electron chi connectivity index (χ0n) is 11.2. The zero-order chi connectivity index (χ0) is 13.2. The van der Waals surface area contributed by atoms with Gasteiger partial charge in [0.2, 0.25) is 0 Å². The Morgan fingerprint density at radius 1 is 1.37 bits per heavy atom. The molecule has 1 unspecified atom stereocenters. The van der Waals surface area contributed by atoms with E-state index in [1.54, 1.807) is 17.4 Å². The number of aryl methyl sites for hydroxylation is 1. The van der Waals surface area contributed by atoms with Gasteiger partial charge in [-0.1, -0.05) is 31.9 Å². The Bertz CT molecular complexity index is 576. The number of para-hydroxylation sites is 1. The molecule has 1 atom stereocenters. The number of thiazole rings is 1. The SMILES string of the molecule is CCCC1CCc2nc(-c3ccccc3O)sc2C1. The average molecular weight is 273 g/mol. The van der Waals surface area contributed by atoms with E-state index in [0.717, 1.165) is 22.9 Å². The number of hydrogen-bond donors (Lipinski definition) is 1. The summed E-state index contributed by atoms with van der Waals surface area (Å²) in [4.78, 5) is 6.17. The monoisotopic (exact) mass is 273 g/mol. The second kappa shape index (κ2) is 5.33. The third-order valence-electron chi connectivity index (χ3n) is 3.87. The molecule has 2 aromatic rings. The molecule has 1 aliphatic rings. The van der Waals surface area contributed by atoms with Crippen LogP contribution in [0.4, 0.5) is 0 Å². The quantitative estimate of drug-likeness (QED) is 0.898. The minimum absolute atomic E-state index is 0.332. The van der Waals surface area contributed by atoms with Crippen LogP contribution in [-0.2, 0) is 12.8 Å². The van der Waals surface area contributed by atoms with Crippen molar-refractivity contribution in [2.45, 2.75) is 39.0 Å². The third kappa shape index (κ3) is 2.52. The molecule has 1 aromatic heterocycles. The number of hydrogen-bond acceptors (Lipinski definition) is 3.